The zero-order chi connectivity index (χ0) is 45.7. The van der Waals surface area contributed by atoms with Gasteiger partial charge in [-0.15, -0.1) is 7.26 Å². The number of para-hydroxylation sites is 2. The van der Waals surface area contributed by atoms with Crippen LogP contribution >= 0.6 is 86.9 Å². The van der Waals surface area contributed by atoms with Crippen LogP contribution in [-0.4, -0.2) is 69.8 Å². The third-order valence-electron chi connectivity index (χ3n) is 6.35. The van der Waals surface area contributed by atoms with E-state index in [0.29, 0.717) is 8.95 Å². The standard InChI is InChI=1S/C15H12Br4O2.2C6H5ClO9S3/c1-15(2,7-3-5-8(20)6-4-7)9-10(16)12(18)14(21)13(19)11(9)17;2*7-5-3-1-2-4-6(5)15-18(11,12)19(13,14)16-17(8,9)10/h3-6,20-21H,1-2H3;2*1-4H,(H,8,9,10). The molecule has 32 heteroatoms. The van der Waals surface area contributed by atoms with Crippen LogP contribution in [0.5, 0.6) is 23.0 Å². The van der Waals surface area contributed by atoms with Crippen LogP contribution in [0.2, 0.25) is 10.0 Å². The Hall–Kier alpha value is -1.88. The van der Waals surface area contributed by atoms with Crippen molar-refractivity contribution in [3.63, 3.8) is 0 Å². The van der Waals surface area contributed by atoms with Crippen molar-refractivity contribution in [3.8, 4) is 23.0 Å². The fourth-order valence-corrected chi connectivity index (χ4v) is 13.9. The van der Waals surface area contributed by atoms with E-state index in [0.717, 1.165) is 32.2 Å². The molecule has 0 aliphatic rings. The van der Waals surface area contributed by atoms with Crippen LogP contribution in [0.1, 0.15) is 25.0 Å². The fourth-order valence-electron chi connectivity index (χ4n) is 3.80. The summed E-state index contributed by atoms with van der Waals surface area (Å²) in [6.45, 7) is 4.17. The average molecular weight is 1250 g/mol. The number of hydrogen-bond donors (Lipinski definition) is 4. The summed E-state index contributed by atoms with van der Waals surface area (Å²) in [5.74, 6) is -0.752. The Morgan fingerprint density at radius 3 is 1.14 bits per heavy atom. The first kappa shape index (κ1) is 53.3. The maximum Gasteiger partial charge on any atom is 0.445 e. The number of hydrogen-bond acceptors (Lipinski definition) is 18. The maximum atomic E-state index is 11.3. The van der Waals surface area contributed by atoms with Crippen molar-refractivity contribution in [3.05, 3.63) is 112 Å². The van der Waals surface area contributed by atoms with E-state index < -0.39 is 68.9 Å². The second-order valence-corrected chi connectivity index (χ2v) is 26.1. The van der Waals surface area contributed by atoms with Crippen molar-refractivity contribution >= 4 is 144 Å². The molecule has 0 amide bonds. The van der Waals surface area contributed by atoms with Gasteiger partial charge in [0.05, 0.1) is 19.0 Å². The Morgan fingerprint density at radius 1 is 0.508 bits per heavy atom. The smallest absolute Gasteiger partial charge is 0.445 e. The van der Waals surface area contributed by atoms with Crippen molar-refractivity contribution in [1.29, 1.82) is 0 Å². The maximum absolute atomic E-state index is 11.3. The molecule has 20 nitrogen and oxygen atoms in total. The third-order valence-corrected chi connectivity index (χ3v) is 20.1. The Balaban J connectivity index is 0.000000306. The molecule has 0 unspecified atom stereocenters. The van der Waals surface area contributed by atoms with E-state index in [9.17, 15) is 60.7 Å². The topological polar surface area (TPSA) is 323 Å². The van der Waals surface area contributed by atoms with Crippen molar-refractivity contribution in [2.45, 2.75) is 19.3 Å². The number of rotatable bonds is 12. The molecule has 4 aromatic carbocycles. The number of halogens is 6. The second kappa shape index (κ2) is 20.1. The van der Waals surface area contributed by atoms with Crippen molar-refractivity contribution in [2.75, 3.05) is 0 Å². The highest BCUT2D eigenvalue weighted by Gasteiger charge is 2.40. The molecule has 0 atom stereocenters. The Morgan fingerprint density at radius 2 is 0.831 bits per heavy atom. The number of phenols is 2. The SMILES string of the molecule is CC(C)(c1ccc(O)cc1)c1c(Br)c(Br)c(O)c(Br)c1Br.O=S(=O)(O)OS(=O)(=O)S(=O)(=O)Oc1ccccc1Cl.O=S(=O)(O)OS(=O)(=O)S(=O)(=O)Oc1ccccc1Cl. The van der Waals surface area contributed by atoms with Crippen molar-refractivity contribution in [2.24, 2.45) is 0 Å². The van der Waals surface area contributed by atoms with Crippen LogP contribution in [0.15, 0.2) is 90.7 Å². The zero-order valence-electron chi connectivity index (χ0n) is 28.5. The fraction of sp³-hybridized carbons (Fsp3) is 0.111. The molecule has 4 N–H and O–H groups in total. The van der Waals surface area contributed by atoms with Crippen molar-refractivity contribution in [1.82, 2.24) is 0 Å². The highest BCUT2D eigenvalue weighted by molar-refractivity contribution is 9.14. The highest BCUT2D eigenvalue weighted by atomic mass is 79.9. The minimum absolute atomic E-state index is 0.138. The molecule has 0 aliphatic carbocycles. The first-order chi connectivity index (χ1) is 26.6. The molecule has 0 radical (unpaired) electrons. The van der Waals surface area contributed by atoms with E-state index in [2.05, 4.69) is 93.2 Å². The van der Waals surface area contributed by atoms with Gasteiger partial charge < -0.3 is 18.6 Å². The predicted octanol–water partition coefficient (Wildman–Crippen LogP) is 6.70. The normalized spacial score (nSPS) is 12.6. The molecule has 0 saturated heterocycles. The summed E-state index contributed by atoms with van der Waals surface area (Å²) < 4.78 is 164. The summed E-state index contributed by atoms with van der Waals surface area (Å²) in [5.41, 5.74) is 1.69. The Bertz CT molecular complexity index is 2730. The monoisotopic (exact) mass is 1240 g/mol. The lowest BCUT2D eigenvalue weighted by Crippen LogP contribution is -2.25. The highest BCUT2D eigenvalue weighted by Crippen LogP contribution is 2.51. The lowest BCUT2D eigenvalue weighted by atomic mass is 9.78. The quantitative estimate of drug-likeness (QED) is 0.0651. The first-order valence-electron chi connectivity index (χ1n) is 14.2. The van der Waals surface area contributed by atoms with E-state index in [1.165, 1.54) is 36.4 Å². The minimum atomic E-state index is -5.78. The predicted molar refractivity (Wildman–Crippen MR) is 224 cm³/mol. The third kappa shape index (κ3) is 14.6. The zero-order valence-corrected chi connectivity index (χ0v) is 41.2. The molecule has 4 aromatic rings. The van der Waals surface area contributed by atoms with Gasteiger partial charge in [-0.05, 0) is 111 Å². The van der Waals surface area contributed by atoms with Crippen LogP contribution < -0.4 is 8.37 Å². The van der Waals surface area contributed by atoms with E-state index in [4.69, 9.17) is 32.3 Å². The van der Waals surface area contributed by atoms with Crippen LogP contribution in [0.3, 0.4) is 0 Å². The summed E-state index contributed by atoms with van der Waals surface area (Å²) in [5, 5.41) is 19.1. The van der Waals surface area contributed by atoms with E-state index in [1.54, 1.807) is 12.1 Å². The van der Waals surface area contributed by atoms with Crippen molar-refractivity contribution < 1.29 is 85.5 Å². The second-order valence-electron chi connectivity index (χ2n) is 10.8. The lowest BCUT2D eigenvalue weighted by Gasteiger charge is -2.30. The molecule has 0 aromatic heterocycles. The molecule has 0 spiro atoms. The van der Waals surface area contributed by atoms with Gasteiger partial charge in [-0.1, -0.05) is 73.4 Å². The van der Waals surface area contributed by atoms with Crippen LogP contribution in [0, 0.1) is 0 Å². The van der Waals surface area contributed by atoms with Gasteiger partial charge >= 0.3 is 57.4 Å². The molecule has 328 valence electrons. The average Bonchev–Trinajstić information content (AvgIpc) is 3.07. The Labute approximate surface area is 380 Å². The molecule has 4 rings (SSSR count). The first-order valence-corrected chi connectivity index (χ1v) is 27.5. The van der Waals surface area contributed by atoms with Crippen LogP contribution in [0.25, 0.3) is 0 Å². The van der Waals surface area contributed by atoms with E-state index in [-0.39, 0.29) is 27.0 Å². The van der Waals surface area contributed by atoms with Gasteiger partial charge in [0.15, 0.2) is 11.5 Å². The Kier molecular flexibility index (Phi) is 18.1. The van der Waals surface area contributed by atoms with Gasteiger partial charge in [-0.25, -0.2) is 0 Å². The number of aromatic hydroxyl groups is 2. The summed E-state index contributed by atoms with van der Waals surface area (Å²) in [7, 11) is -33.7. The number of phenolic OH excluding ortho intramolecular Hbond substituents is 2. The summed E-state index contributed by atoms with van der Waals surface area (Å²) >= 11 is 25.0. The molecule has 0 bridgehead atoms. The molecule has 0 aliphatic heterocycles. The van der Waals surface area contributed by atoms with Gasteiger partial charge in [-0.3, -0.25) is 9.11 Å². The van der Waals surface area contributed by atoms with E-state index in [1.807, 2.05) is 12.1 Å². The molecule has 0 saturated carbocycles. The van der Waals surface area contributed by atoms with Gasteiger partial charge in [0.25, 0.3) is 0 Å². The summed E-state index contributed by atoms with van der Waals surface area (Å²) in [4.78, 5) is 0. The van der Waals surface area contributed by atoms with Gasteiger partial charge in [-0.2, -0.15) is 50.5 Å². The number of benzene rings is 4. The van der Waals surface area contributed by atoms with Gasteiger partial charge in [0, 0.05) is 14.4 Å². The lowest BCUT2D eigenvalue weighted by molar-refractivity contribution is 0.382. The molecular formula is C27H22Br4Cl2O20S6. The van der Waals surface area contributed by atoms with Gasteiger partial charge in [0.2, 0.25) is 0 Å². The van der Waals surface area contributed by atoms with Crippen LogP contribution in [0.4, 0.5) is 0 Å². The summed E-state index contributed by atoms with van der Waals surface area (Å²) in [6, 6.07) is 16.9. The molecular weight excluding hydrogens is 1230 g/mol. The van der Waals surface area contributed by atoms with Gasteiger partial charge in [0.1, 0.15) is 11.5 Å². The van der Waals surface area contributed by atoms with E-state index >= 15 is 0 Å². The largest absolute Gasteiger partial charge is 0.508 e. The summed E-state index contributed by atoms with van der Waals surface area (Å²) in [6.07, 6.45) is 0. The molecule has 0 fully saturated rings. The minimum Gasteiger partial charge on any atom is -0.508 e. The van der Waals surface area contributed by atoms with Crippen LogP contribution in [-0.2, 0) is 70.1 Å². The molecule has 0 heterocycles. The molecule has 59 heavy (non-hydrogen) atoms.